The van der Waals surface area contributed by atoms with Crippen molar-refractivity contribution in [2.24, 2.45) is 4.40 Å². The van der Waals surface area contributed by atoms with Crippen molar-refractivity contribution in [2.75, 3.05) is 19.6 Å². The van der Waals surface area contributed by atoms with E-state index in [9.17, 15) is 13.2 Å². The first-order valence-corrected chi connectivity index (χ1v) is 7.54. The number of amides is 2. The van der Waals surface area contributed by atoms with Gasteiger partial charge in [0.15, 0.2) is 0 Å². The molecule has 1 heterocycles. The fourth-order valence-electron chi connectivity index (χ4n) is 1.62. The highest BCUT2D eigenvalue weighted by Crippen LogP contribution is 2.11. The average Bonchev–Trinajstić information content (AvgIpc) is 2.28. The van der Waals surface area contributed by atoms with Crippen LogP contribution in [0.15, 0.2) is 4.40 Å². The maximum absolute atomic E-state index is 11.9. The van der Waals surface area contributed by atoms with E-state index >= 15 is 0 Å². The van der Waals surface area contributed by atoms with Crippen LogP contribution in [0.3, 0.4) is 0 Å². The van der Waals surface area contributed by atoms with E-state index in [0.717, 1.165) is 10.7 Å². The Kier molecular flexibility index (Phi) is 4.94. The quantitative estimate of drug-likeness (QED) is 0.803. The summed E-state index contributed by atoms with van der Waals surface area (Å²) in [5.74, 6) is 0.109. The molecule has 2 amide bonds. The van der Waals surface area contributed by atoms with Crippen molar-refractivity contribution >= 4 is 22.2 Å². The van der Waals surface area contributed by atoms with E-state index in [0.29, 0.717) is 19.5 Å². The fourth-order valence-corrected chi connectivity index (χ4v) is 2.72. The van der Waals surface area contributed by atoms with Crippen LogP contribution in [0, 0.1) is 0 Å². The van der Waals surface area contributed by atoms with Crippen molar-refractivity contribution in [3.8, 4) is 0 Å². The number of nitrogens with one attached hydrogen (secondary N) is 1. The lowest BCUT2D eigenvalue weighted by Gasteiger charge is -2.30. The van der Waals surface area contributed by atoms with Gasteiger partial charge in [0, 0.05) is 19.6 Å². The minimum Gasteiger partial charge on any atom is -0.342 e. The van der Waals surface area contributed by atoms with Crippen molar-refractivity contribution in [1.82, 2.24) is 14.5 Å². The lowest BCUT2D eigenvalue weighted by atomic mass is 10.3. The van der Waals surface area contributed by atoms with Crippen LogP contribution in [0.25, 0.3) is 0 Å². The number of nitrogens with zero attached hydrogens (tertiary/aromatic N) is 3. The van der Waals surface area contributed by atoms with Crippen LogP contribution in [0.4, 0.5) is 4.79 Å². The van der Waals surface area contributed by atoms with Gasteiger partial charge in [-0.25, -0.2) is 9.10 Å². The lowest BCUT2D eigenvalue weighted by molar-refractivity contribution is 0.224. The third kappa shape index (κ3) is 3.12. The summed E-state index contributed by atoms with van der Waals surface area (Å²) in [4.78, 5) is 13.5. The van der Waals surface area contributed by atoms with E-state index in [1.807, 2.05) is 20.8 Å². The molecule has 1 aliphatic heterocycles. The van der Waals surface area contributed by atoms with Gasteiger partial charge < -0.3 is 4.90 Å². The molecule has 0 saturated heterocycles. The van der Waals surface area contributed by atoms with Crippen LogP contribution in [-0.4, -0.2) is 49.2 Å². The van der Waals surface area contributed by atoms with Gasteiger partial charge in [-0.1, -0.05) is 13.3 Å². The molecule has 0 saturated carbocycles. The van der Waals surface area contributed by atoms with Crippen LogP contribution in [0.2, 0.25) is 0 Å². The van der Waals surface area contributed by atoms with Gasteiger partial charge in [-0.05, 0) is 20.3 Å². The number of rotatable bonds is 5. The molecule has 0 bridgehead atoms. The van der Waals surface area contributed by atoms with Crippen molar-refractivity contribution < 1.29 is 13.2 Å². The SMILES string of the molecule is CCCCN1C(=O)NC(N(CC)CC)=NS1(=O)=O. The molecule has 0 aromatic carbocycles. The fraction of sp³-hybridized carbons (Fsp3) is 0.800. The summed E-state index contributed by atoms with van der Waals surface area (Å²) in [5.41, 5.74) is 0. The van der Waals surface area contributed by atoms with Crippen molar-refractivity contribution in [1.29, 1.82) is 0 Å². The standard InChI is InChI=1S/C10H20N4O3S/c1-4-7-8-14-10(15)11-9(12-18(14,16)17)13(5-2)6-3/h4-8H2,1-3H3,(H,11,12,15). The second-order valence-electron chi connectivity index (χ2n) is 3.92. The topological polar surface area (TPSA) is 82.1 Å². The Balaban J connectivity index is 2.98. The third-order valence-electron chi connectivity index (χ3n) is 2.70. The minimum atomic E-state index is -3.89. The Morgan fingerprint density at radius 2 is 1.89 bits per heavy atom. The first-order valence-electron chi connectivity index (χ1n) is 6.14. The number of unbranched alkanes of at least 4 members (excludes halogenated alkanes) is 1. The van der Waals surface area contributed by atoms with Gasteiger partial charge in [-0.3, -0.25) is 5.32 Å². The lowest BCUT2D eigenvalue weighted by Crippen LogP contribution is -2.55. The smallest absolute Gasteiger partial charge is 0.342 e. The van der Waals surface area contributed by atoms with E-state index in [2.05, 4.69) is 9.71 Å². The van der Waals surface area contributed by atoms with Gasteiger partial charge in [0.25, 0.3) is 0 Å². The number of carbonyl (C=O) groups is 1. The Hall–Kier alpha value is -1.31. The monoisotopic (exact) mass is 276 g/mol. The first-order chi connectivity index (χ1) is 8.46. The van der Waals surface area contributed by atoms with Crippen molar-refractivity contribution in [2.45, 2.75) is 33.6 Å². The van der Waals surface area contributed by atoms with Gasteiger partial charge in [0.2, 0.25) is 5.96 Å². The summed E-state index contributed by atoms with van der Waals surface area (Å²) in [5, 5.41) is 2.52. The van der Waals surface area contributed by atoms with Gasteiger partial charge in [-0.2, -0.15) is 8.42 Å². The van der Waals surface area contributed by atoms with Crippen LogP contribution in [0.5, 0.6) is 0 Å². The molecule has 104 valence electrons. The maximum Gasteiger partial charge on any atom is 0.351 e. The molecule has 0 aromatic heterocycles. The highest BCUT2D eigenvalue weighted by atomic mass is 32.2. The normalized spacial score (nSPS) is 18.3. The predicted octanol–water partition coefficient (Wildman–Crippen LogP) is 0.754. The molecule has 0 aliphatic carbocycles. The van der Waals surface area contributed by atoms with E-state index in [4.69, 9.17) is 0 Å². The largest absolute Gasteiger partial charge is 0.351 e. The van der Waals surface area contributed by atoms with Gasteiger partial charge in [-0.15, -0.1) is 4.40 Å². The zero-order valence-corrected chi connectivity index (χ0v) is 11.8. The Labute approximate surface area is 108 Å². The molecular weight excluding hydrogens is 256 g/mol. The molecule has 18 heavy (non-hydrogen) atoms. The predicted molar refractivity (Wildman–Crippen MR) is 69.4 cm³/mol. The second kappa shape index (κ2) is 6.03. The molecule has 1 aliphatic rings. The van der Waals surface area contributed by atoms with Crippen LogP contribution >= 0.6 is 0 Å². The van der Waals surface area contributed by atoms with Gasteiger partial charge in [0.05, 0.1) is 0 Å². The van der Waals surface area contributed by atoms with Crippen LogP contribution in [-0.2, 0) is 10.2 Å². The molecule has 7 nitrogen and oxygen atoms in total. The summed E-state index contributed by atoms with van der Waals surface area (Å²) in [6, 6.07) is -0.625. The van der Waals surface area contributed by atoms with Gasteiger partial charge >= 0.3 is 16.2 Å². The summed E-state index contributed by atoms with van der Waals surface area (Å²) in [6.45, 7) is 7.00. The molecule has 0 atom stereocenters. The highest BCUT2D eigenvalue weighted by Gasteiger charge is 2.33. The molecule has 1 rings (SSSR count). The molecule has 0 spiro atoms. The van der Waals surface area contributed by atoms with Crippen LogP contribution in [0.1, 0.15) is 33.6 Å². The second-order valence-corrected chi connectivity index (χ2v) is 5.44. The number of hydrogen-bond donors (Lipinski definition) is 1. The number of carbonyl (C=O) groups excluding carboxylic acids is 1. The molecule has 1 N–H and O–H groups in total. The van der Waals surface area contributed by atoms with E-state index in [1.165, 1.54) is 0 Å². The zero-order valence-electron chi connectivity index (χ0n) is 11.0. The first kappa shape index (κ1) is 14.7. The Morgan fingerprint density at radius 1 is 1.28 bits per heavy atom. The number of guanidine groups is 1. The summed E-state index contributed by atoms with van der Waals surface area (Å²) < 4.78 is 28.2. The summed E-state index contributed by atoms with van der Waals surface area (Å²) in [6.07, 6.45) is 1.44. The zero-order chi connectivity index (χ0) is 13.8. The molecule has 0 fully saturated rings. The molecular formula is C10H20N4O3S. The van der Waals surface area contributed by atoms with Crippen molar-refractivity contribution in [3.63, 3.8) is 0 Å². The molecule has 0 unspecified atom stereocenters. The number of urea groups is 1. The third-order valence-corrected chi connectivity index (χ3v) is 4.01. The van der Waals surface area contributed by atoms with E-state index in [-0.39, 0.29) is 12.5 Å². The molecule has 8 heteroatoms. The van der Waals surface area contributed by atoms with E-state index in [1.54, 1.807) is 4.90 Å². The molecule has 0 aromatic rings. The van der Waals surface area contributed by atoms with Gasteiger partial charge in [0.1, 0.15) is 0 Å². The minimum absolute atomic E-state index is 0.109. The summed E-state index contributed by atoms with van der Waals surface area (Å²) >= 11 is 0. The molecule has 0 radical (unpaired) electrons. The summed E-state index contributed by atoms with van der Waals surface area (Å²) in [7, 11) is -3.89. The Bertz CT molecular complexity index is 428. The average molecular weight is 276 g/mol. The number of hydrogen-bond acceptors (Lipinski definition) is 4. The van der Waals surface area contributed by atoms with Crippen molar-refractivity contribution in [3.05, 3.63) is 0 Å². The highest BCUT2D eigenvalue weighted by molar-refractivity contribution is 7.88. The van der Waals surface area contributed by atoms with Crippen LogP contribution < -0.4 is 5.32 Å². The maximum atomic E-state index is 11.9. The van der Waals surface area contributed by atoms with E-state index < -0.39 is 16.2 Å². The Morgan fingerprint density at radius 3 is 2.33 bits per heavy atom.